The number of imidazole rings is 1. The standard InChI is InChI=1S/C25H23F2N5O/c1-25(2,3)16-9-7-15(8-10-16)23-30-21(33-31-23)14-32-12-11-19-20(13-32)29-24(28-19)17-5-4-6-18(26)22(17)27/h4-13,21H,14H2,1-3H3,(H,30,31). The van der Waals surface area contributed by atoms with Crippen LogP contribution in [0.5, 0.6) is 0 Å². The lowest BCUT2D eigenvalue weighted by atomic mass is 9.86. The third-order valence-electron chi connectivity index (χ3n) is 5.58. The first-order chi connectivity index (χ1) is 15.8. The average Bonchev–Trinajstić information content (AvgIpc) is 3.42. The molecule has 0 radical (unpaired) electrons. The van der Waals surface area contributed by atoms with E-state index in [1.54, 1.807) is 12.3 Å². The van der Waals surface area contributed by atoms with Crippen molar-refractivity contribution >= 4 is 5.84 Å². The van der Waals surface area contributed by atoms with Gasteiger partial charge in [0.15, 0.2) is 29.5 Å². The predicted molar refractivity (Wildman–Crippen MR) is 122 cm³/mol. The van der Waals surface area contributed by atoms with Crippen LogP contribution in [0.15, 0.2) is 65.9 Å². The largest absolute Gasteiger partial charge is 0.347 e. The number of rotatable bonds is 4. The van der Waals surface area contributed by atoms with Gasteiger partial charge in [-0.1, -0.05) is 51.1 Å². The van der Waals surface area contributed by atoms with Gasteiger partial charge in [-0.3, -0.25) is 0 Å². The van der Waals surface area contributed by atoms with Crippen LogP contribution >= 0.6 is 0 Å². The van der Waals surface area contributed by atoms with E-state index in [1.807, 2.05) is 22.9 Å². The molecule has 0 saturated heterocycles. The molecule has 3 heterocycles. The van der Waals surface area contributed by atoms with E-state index in [2.05, 4.69) is 53.3 Å². The molecular weight excluding hydrogens is 424 g/mol. The summed E-state index contributed by atoms with van der Waals surface area (Å²) in [5.74, 6) is -1.05. The van der Waals surface area contributed by atoms with E-state index in [4.69, 9.17) is 4.84 Å². The maximum atomic E-state index is 14.1. The fraction of sp³-hybridized carbons (Fsp3) is 0.240. The van der Waals surface area contributed by atoms with Gasteiger partial charge in [-0.15, -0.1) is 0 Å². The van der Waals surface area contributed by atoms with Crippen molar-refractivity contribution < 1.29 is 13.6 Å². The van der Waals surface area contributed by atoms with E-state index >= 15 is 0 Å². The van der Waals surface area contributed by atoms with Crippen molar-refractivity contribution in [1.29, 1.82) is 0 Å². The van der Waals surface area contributed by atoms with Gasteiger partial charge in [-0.05, 0) is 29.2 Å². The summed E-state index contributed by atoms with van der Waals surface area (Å²) in [4.78, 5) is 19.0. The number of halogens is 2. The number of hydroxylamine groups is 1. The molecule has 168 valence electrons. The number of aromatic nitrogens is 3. The fourth-order valence-corrected chi connectivity index (χ4v) is 3.70. The van der Waals surface area contributed by atoms with E-state index < -0.39 is 17.9 Å². The molecule has 0 bridgehead atoms. The Balaban J connectivity index is 1.34. The quantitative estimate of drug-likeness (QED) is 0.482. The number of hydrogen-bond donors (Lipinski definition) is 1. The van der Waals surface area contributed by atoms with Gasteiger partial charge in [0.05, 0.1) is 17.8 Å². The van der Waals surface area contributed by atoms with Crippen LogP contribution in [0.2, 0.25) is 0 Å². The Bertz CT molecular complexity index is 1310. The molecule has 1 atom stereocenters. The molecule has 0 amide bonds. The molecule has 33 heavy (non-hydrogen) atoms. The Labute approximate surface area is 190 Å². The van der Waals surface area contributed by atoms with Crippen LogP contribution in [0.3, 0.4) is 0 Å². The smallest absolute Gasteiger partial charge is 0.195 e. The Morgan fingerprint density at radius 2 is 1.76 bits per heavy atom. The molecule has 0 aliphatic carbocycles. The molecule has 2 aromatic rings. The van der Waals surface area contributed by atoms with E-state index in [1.165, 1.54) is 17.7 Å². The van der Waals surface area contributed by atoms with Gasteiger partial charge in [-0.2, -0.15) is 0 Å². The molecule has 0 aromatic heterocycles. The Kier molecular flexibility index (Phi) is 5.17. The Morgan fingerprint density at radius 3 is 2.52 bits per heavy atom. The summed E-state index contributed by atoms with van der Waals surface area (Å²) in [6.45, 7) is 6.97. The lowest BCUT2D eigenvalue weighted by molar-refractivity contribution is 0.0280. The molecule has 0 spiro atoms. The number of aliphatic imine (C=N–C) groups is 1. The van der Waals surface area contributed by atoms with Crippen LogP contribution in [0.1, 0.15) is 31.9 Å². The highest BCUT2D eigenvalue weighted by Crippen LogP contribution is 2.28. The van der Waals surface area contributed by atoms with E-state index in [9.17, 15) is 8.78 Å². The molecule has 2 aromatic carbocycles. The minimum Gasteiger partial charge on any atom is -0.347 e. The van der Waals surface area contributed by atoms with Crippen LogP contribution < -0.4 is 5.48 Å². The van der Waals surface area contributed by atoms with Crippen molar-refractivity contribution in [3.05, 3.63) is 83.7 Å². The summed E-state index contributed by atoms with van der Waals surface area (Å²) in [7, 11) is 0. The lowest BCUT2D eigenvalue weighted by Crippen LogP contribution is -2.21. The SMILES string of the molecule is CC(C)(C)c1ccc(C2=NC(Cn3ccc4nc(-c5cccc(F)c5F)nc-4c3)ON2)cc1. The van der Waals surface area contributed by atoms with Gasteiger partial charge in [-0.25, -0.2) is 34.1 Å². The van der Waals surface area contributed by atoms with Crippen LogP contribution in [0.25, 0.3) is 22.8 Å². The predicted octanol–water partition coefficient (Wildman–Crippen LogP) is 4.93. The highest BCUT2D eigenvalue weighted by atomic mass is 19.2. The molecule has 3 aliphatic heterocycles. The monoisotopic (exact) mass is 447 g/mol. The molecule has 5 rings (SSSR count). The summed E-state index contributed by atoms with van der Waals surface area (Å²) in [6.07, 6.45) is 3.20. The van der Waals surface area contributed by atoms with Crippen molar-refractivity contribution in [2.45, 2.75) is 39.0 Å². The zero-order valence-electron chi connectivity index (χ0n) is 18.5. The zero-order chi connectivity index (χ0) is 23.2. The number of benzene rings is 2. The summed E-state index contributed by atoms with van der Waals surface area (Å²) >= 11 is 0. The first-order valence-corrected chi connectivity index (χ1v) is 10.7. The normalized spacial score (nSPS) is 16.2. The second-order valence-electron chi connectivity index (χ2n) is 9.04. The van der Waals surface area contributed by atoms with E-state index in [-0.39, 0.29) is 16.8 Å². The molecule has 0 saturated carbocycles. The zero-order valence-corrected chi connectivity index (χ0v) is 18.5. The van der Waals surface area contributed by atoms with Gasteiger partial charge in [0, 0.05) is 18.0 Å². The molecular formula is C25H23F2N5O. The molecule has 3 aliphatic rings. The minimum atomic E-state index is -0.955. The third-order valence-corrected chi connectivity index (χ3v) is 5.58. The Morgan fingerprint density at radius 1 is 1.00 bits per heavy atom. The number of amidine groups is 1. The summed E-state index contributed by atoms with van der Waals surface area (Å²) in [5.41, 5.74) is 6.40. The fourth-order valence-electron chi connectivity index (χ4n) is 3.70. The first-order valence-electron chi connectivity index (χ1n) is 10.7. The number of fused-ring (bicyclic) bond motifs is 1. The van der Waals surface area contributed by atoms with Crippen molar-refractivity contribution in [3.63, 3.8) is 0 Å². The molecule has 0 fully saturated rings. The summed E-state index contributed by atoms with van der Waals surface area (Å²) in [5, 5.41) is 0. The van der Waals surface area contributed by atoms with Crippen molar-refractivity contribution in [2.75, 3.05) is 0 Å². The van der Waals surface area contributed by atoms with Crippen LogP contribution in [0.4, 0.5) is 8.78 Å². The lowest BCUT2D eigenvalue weighted by Gasteiger charge is -2.19. The maximum absolute atomic E-state index is 14.1. The van der Waals surface area contributed by atoms with Gasteiger partial charge in [0.1, 0.15) is 5.69 Å². The highest BCUT2D eigenvalue weighted by molar-refractivity contribution is 5.98. The van der Waals surface area contributed by atoms with Gasteiger partial charge in [0.25, 0.3) is 0 Å². The van der Waals surface area contributed by atoms with E-state index in [0.717, 1.165) is 11.6 Å². The van der Waals surface area contributed by atoms with E-state index in [0.29, 0.717) is 23.8 Å². The van der Waals surface area contributed by atoms with Crippen LogP contribution in [0, 0.1) is 11.6 Å². The first kappa shape index (κ1) is 21.2. The molecule has 1 unspecified atom stereocenters. The van der Waals surface area contributed by atoms with Crippen molar-refractivity contribution in [2.24, 2.45) is 4.99 Å². The average molecular weight is 447 g/mol. The molecule has 1 N–H and O–H groups in total. The topological polar surface area (TPSA) is 64.3 Å². The number of pyridine rings is 1. The molecule has 8 heteroatoms. The Hall–Kier alpha value is -3.65. The number of hydrogen-bond acceptors (Lipinski definition) is 5. The maximum Gasteiger partial charge on any atom is 0.195 e. The van der Waals surface area contributed by atoms with Crippen LogP contribution in [-0.4, -0.2) is 26.6 Å². The van der Waals surface area contributed by atoms with Crippen molar-refractivity contribution in [1.82, 2.24) is 20.0 Å². The summed E-state index contributed by atoms with van der Waals surface area (Å²) in [6, 6.07) is 14.0. The molecule has 6 nitrogen and oxygen atoms in total. The van der Waals surface area contributed by atoms with Crippen LogP contribution in [-0.2, 0) is 16.8 Å². The minimum absolute atomic E-state index is 0.0350. The highest BCUT2D eigenvalue weighted by Gasteiger charge is 2.22. The second-order valence-corrected chi connectivity index (χ2v) is 9.04. The van der Waals surface area contributed by atoms with Gasteiger partial charge >= 0.3 is 0 Å². The second kappa shape index (κ2) is 8.04. The summed E-state index contributed by atoms with van der Waals surface area (Å²) < 4.78 is 29.6. The third kappa shape index (κ3) is 4.21. The van der Waals surface area contributed by atoms with Crippen molar-refractivity contribution in [3.8, 4) is 22.8 Å². The number of nitrogens with one attached hydrogen (secondary N) is 1. The van der Waals surface area contributed by atoms with Gasteiger partial charge in [0.2, 0.25) is 0 Å². The van der Waals surface area contributed by atoms with Gasteiger partial charge < -0.3 is 4.57 Å². The number of nitrogens with zero attached hydrogens (tertiary/aromatic N) is 4.